The molecule has 0 aliphatic rings. The molecule has 0 amide bonds. The summed E-state index contributed by atoms with van der Waals surface area (Å²) in [4.78, 5) is 15.0. The Kier molecular flexibility index (Phi) is 8.71. The van der Waals surface area contributed by atoms with Crippen LogP contribution in [-0.4, -0.2) is 40.5 Å². The lowest BCUT2D eigenvalue weighted by Crippen LogP contribution is -2.12. The fourth-order valence-corrected chi connectivity index (χ4v) is 3.41. The van der Waals surface area contributed by atoms with E-state index in [2.05, 4.69) is 54.1 Å². The van der Waals surface area contributed by atoms with Crippen LogP contribution in [0.2, 0.25) is 0 Å². The summed E-state index contributed by atoms with van der Waals surface area (Å²) in [5, 5.41) is 1.09. The van der Waals surface area contributed by atoms with Gasteiger partial charge in [0.2, 0.25) is 0 Å². The first-order valence-corrected chi connectivity index (χ1v) is 10.8. The zero-order chi connectivity index (χ0) is 20.5. The fraction of sp³-hybridized carbons (Fsp3) is 0.565. The number of nitrogens with zero attached hydrogens (tertiary/aromatic N) is 3. The van der Waals surface area contributed by atoms with Crippen molar-refractivity contribution in [2.24, 2.45) is 0 Å². The molecule has 5 heteroatoms. The van der Waals surface area contributed by atoms with Gasteiger partial charge in [0.1, 0.15) is 22.7 Å². The highest BCUT2D eigenvalue weighted by molar-refractivity contribution is 6.06. The number of nitrogens with two attached hydrogens (primary N) is 1. The molecule has 0 fully saturated rings. The van der Waals surface area contributed by atoms with Crippen LogP contribution in [-0.2, 0) is 12.8 Å². The van der Waals surface area contributed by atoms with Gasteiger partial charge in [-0.1, -0.05) is 45.7 Å². The average Bonchev–Trinajstić information content (AvgIpc) is 3.12. The molecule has 0 aliphatic heterocycles. The molecule has 0 aliphatic carbocycles. The van der Waals surface area contributed by atoms with E-state index in [9.17, 15) is 0 Å². The van der Waals surface area contributed by atoms with E-state index in [0.29, 0.717) is 5.82 Å². The number of benzene rings is 1. The molecular weight excluding hydrogens is 346 g/mol. The second-order valence-electron chi connectivity index (χ2n) is 7.47. The van der Waals surface area contributed by atoms with Crippen LogP contribution in [0.5, 0.6) is 0 Å². The highest BCUT2D eigenvalue weighted by Gasteiger charge is 2.12. The smallest absolute Gasteiger partial charge is 0.150 e. The standard InChI is InChI=1S/C21H31N5.C2H6/c1-4-5-10-18-24-19-16-12-11-15(9-7-6-8-13-26(2)3)14-17(16)23-21(22)20(19)25-18;1-2/h11-12,14H,4-10,13H2,1-3H3,(H2,22,23)(H,24,25);1-2H3. The van der Waals surface area contributed by atoms with Gasteiger partial charge in [0.15, 0.2) is 0 Å². The summed E-state index contributed by atoms with van der Waals surface area (Å²) < 4.78 is 0. The van der Waals surface area contributed by atoms with Gasteiger partial charge in [-0.25, -0.2) is 9.97 Å². The molecule has 1 aromatic carbocycles. The number of hydrogen-bond donors (Lipinski definition) is 2. The van der Waals surface area contributed by atoms with Crippen molar-refractivity contribution < 1.29 is 0 Å². The lowest BCUT2D eigenvalue weighted by Gasteiger charge is -2.09. The third kappa shape index (κ3) is 5.68. The first-order valence-electron chi connectivity index (χ1n) is 10.8. The Bertz CT molecular complexity index is 866. The van der Waals surface area contributed by atoms with E-state index in [1.54, 1.807) is 0 Å². The zero-order valence-corrected chi connectivity index (χ0v) is 18.3. The number of fused-ring (bicyclic) bond motifs is 3. The van der Waals surface area contributed by atoms with Crippen molar-refractivity contribution in [3.05, 3.63) is 29.6 Å². The number of rotatable bonds is 9. The minimum Gasteiger partial charge on any atom is -0.382 e. The Hall–Kier alpha value is -2.14. The normalized spacial score (nSPS) is 11.2. The summed E-state index contributed by atoms with van der Waals surface area (Å²) in [5.74, 6) is 1.55. The fourth-order valence-electron chi connectivity index (χ4n) is 3.41. The van der Waals surface area contributed by atoms with Gasteiger partial charge < -0.3 is 15.6 Å². The maximum atomic E-state index is 6.20. The van der Waals surface area contributed by atoms with E-state index in [-0.39, 0.29) is 0 Å². The molecule has 0 saturated heterocycles. The maximum absolute atomic E-state index is 6.20. The van der Waals surface area contributed by atoms with Crippen molar-refractivity contribution in [1.29, 1.82) is 0 Å². The van der Waals surface area contributed by atoms with E-state index >= 15 is 0 Å². The quantitative estimate of drug-likeness (QED) is 0.490. The van der Waals surface area contributed by atoms with Gasteiger partial charge in [0.05, 0.1) is 5.52 Å². The van der Waals surface area contributed by atoms with Crippen molar-refractivity contribution in [3.63, 3.8) is 0 Å². The molecule has 3 aromatic rings. The Morgan fingerprint density at radius 1 is 1.00 bits per heavy atom. The van der Waals surface area contributed by atoms with Gasteiger partial charge in [-0.05, 0) is 58.0 Å². The van der Waals surface area contributed by atoms with Gasteiger partial charge in [-0.15, -0.1) is 0 Å². The van der Waals surface area contributed by atoms with Gasteiger partial charge in [0, 0.05) is 11.8 Å². The predicted molar refractivity (Wildman–Crippen MR) is 122 cm³/mol. The summed E-state index contributed by atoms with van der Waals surface area (Å²) in [6.45, 7) is 7.35. The predicted octanol–water partition coefficient (Wildman–Crippen LogP) is 5.34. The van der Waals surface area contributed by atoms with Crippen LogP contribution in [0.25, 0.3) is 21.9 Å². The third-order valence-electron chi connectivity index (χ3n) is 4.91. The van der Waals surface area contributed by atoms with Gasteiger partial charge in [-0.2, -0.15) is 0 Å². The topological polar surface area (TPSA) is 70.8 Å². The molecule has 2 aromatic heterocycles. The van der Waals surface area contributed by atoms with Gasteiger partial charge >= 0.3 is 0 Å². The molecule has 0 radical (unpaired) electrons. The van der Waals surface area contributed by atoms with Crippen LogP contribution in [0.1, 0.15) is 64.3 Å². The lowest BCUT2D eigenvalue weighted by atomic mass is 10.0. The number of nitrogens with one attached hydrogen (secondary N) is 1. The number of imidazole rings is 1. The molecule has 154 valence electrons. The lowest BCUT2D eigenvalue weighted by molar-refractivity contribution is 0.391. The highest BCUT2D eigenvalue weighted by atomic mass is 15.0. The number of hydrogen-bond acceptors (Lipinski definition) is 4. The molecular formula is C23H37N5. The zero-order valence-electron chi connectivity index (χ0n) is 18.3. The van der Waals surface area contributed by atoms with Gasteiger partial charge in [0.25, 0.3) is 0 Å². The highest BCUT2D eigenvalue weighted by Crippen LogP contribution is 2.27. The Morgan fingerprint density at radius 2 is 1.79 bits per heavy atom. The summed E-state index contributed by atoms with van der Waals surface area (Å²) in [7, 11) is 4.26. The Morgan fingerprint density at radius 3 is 2.50 bits per heavy atom. The molecule has 3 rings (SSSR count). The molecule has 0 unspecified atom stereocenters. The average molecular weight is 384 g/mol. The SMILES string of the molecule is CC.CCCCc1nc2c([nH]1)c(N)nc1cc(CCCCCN(C)C)ccc12. The van der Waals surface area contributed by atoms with E-state index in [0.717, 1.165) is 60.0 Å². The number of aromatic nitrogens is 3. The number of unbranched alkanes of at least 4 members (excludes halogenated alkanes) is 3. The van der Waals surface area contributed by atoms with E-state index in [1.165, 1.54) is 24.8 Å². The molecule has 0 spiro atoms. The largest absolute Gasteiger partial charge is 0.382 e. The van der Waals surface area contributed by atoms with E-state index < -0.39 is 0 Å². The van der Waals surface area contributed by atoms with Crippen molar-refractivity contribution >= 4 is 27.8 Å². The summed E-state index contributed by atoms with van der Waals surface area (Å²) >= 11 is 0. The van der Waals surface area contributed by atoms with Crippen LogP contribution in [0.3, 0.4) is 0 Å². The number of aryl methyl sites for hydroxylation is 2. The van der Waals surface area contributed by atoms with Crippen LogP contribution >= 0.6 is 0 Å². The number of anilines is 1. The van der Waals surface area contributed by atoms with Crippen molar-refractivity contribution in [1.82, 2.24) is 19.9 Å². The van der Waals surface area contributed by atoms with Crippen molar-refractivity contribution in [2.75, 3.05) is 26.4 Å². The minimum absolute atomic E-state index is 0.547. The molecule has 0 atom stereocenters. The van der Waals surface area contributed by atoms with Crippen molar-refractivity contribution in [3.8, 4) is 0 Å². The summed E-state index contributed by atoms with van der Waals surface area (Å²) in [6.07, 6.45) is 8.04. The monoisotopic (exact) mass is 383 g/mol. The molecule has 28 heavy (non-hydrogen) atoms. The Balaban J connectivity index is 0.00000136. The van der Waals surface area contributed by atoms with Gasteiger partial charge in [-0.3, -0.25) is 0 Å². The maximum Gasteiger partial charge on any atom is 0.150 e. The number of nitrogen functional groups attached to an aromatic ring is 1. The second-order valence-corrected chi connectivity index (χ2v) is 7.47. The van der Waals surface area contributed by atoms with Crippen LogP contribution in [0, 0.1) is 0 Å². The Labute approximate surface area is 169 Å². The van der Waals surface area contributed by atoms with E-state index in [4.69, 9.17) is 10.7 Å². The first kappa shape index (κ1) is 22.2. The second kappa shape index (κ2) is 11.0. The van der Waals surface area contributed by atoms with Crippen LogP contribution in [0.15, 0.2) is 18.2 Å². The summed E-state index contributed by atoms with van der Waals surface area (Å²) in [5.41, 5.74) is 10.3. The number of pyridine rings is 1. The molecule has 2 heterocycles. The van der Waals surface area contributed by atoms with Crippen LogP contribution in [0.4, 0.5) is 5.82 Å². The first-order chi connectivity index (χ1) is 13.6. The van der Waals surface area contributed by atoms with E-state index in [1.807, 2.05) is 13.8 Å². The molecule has 0 bridgehead atoms. The molecule has 0 saturated carbocycles. The minimum atomic E-state index is 0.547. The molecule has 3 N–H and O–H groups in total. The number of H-pyrrole nitrogens is 1. The van der Waals surface area contributed by atoms with Crippen LogP contribution < -0.4 is 5.73 Å². The summed E-state index contributed by atoms with van der Waals surface area (Å²) in [6, 6.07) is 6.55. The van der Waals surface area contributed by atoms with Crippen molar-refractivity contribution in [2.45, 2.75) is 65.7 Å². The molecule has 5 nitrogen and oxygen atoms in total. The third-order valence-corrected chi connectivity index (χ3v) is 4.91. The number of aromatic amines is 1.